The second kappa shape index (κ2) is 6.97. The molecule has 0 spiro atoms. The first-order valence-electron chi connectivity index (χ1n) is 5.49. The topological polar surface area (TPSA) is 95.1 Å². The number of ether oxygens (including phenoxy) is 1. The van der Waals surface area contributed by atoms with E-state index in [1.54, 1.807) is 25.2 Å². The number of methoxy groups -OCH3 is 1. The fourth-order valence-electron chi connectivity index (χ4n) is 1.35. The Labute approximate surface area is 100 Å². The highest BCUT2D eigenvalue weighted by Crippen LogP contribution is 1.94. The first-order chi connectivity index (χ1) is 8.15. The summed E-state index contributed by atoms with van der Waals surface area (Å²) in [6, 6.07) is 0. The van der Waals surface area contributed by atoms with Crippen LogP contribution in [0.5, 0.6) is 0 Å². The summed E-state index contributed by atoms with van der Waals surface area (Å²) >= 11 is 0. The summed E-state index contributed by atoms with van der Waals surface area (Å²) < 4.78 is 6.66. The van der Waals surface area contributed by atoms with Gasteiger partial charge in [0.1, 0.15) is 6.33 Å². The summed E-state index contributed by atoms with van der Waals surface area (Å²) in [6.07, 6.45) is 2.31. The normalized spacial score (nSPS) is 12.4. The maximum Gasteiger partial charge on any atom is 0.222 e. The summed E-state index contributed by atoms with van der Waals surface area (Å²) in [7, 11) is 3.35. The number of carbonyl (C=O) groups is 1. The fourth-order valence-corrected chi connectivity index (χ4v) is 1.35. The average molecular weight is 241 g/mol. The number of nitrogens with two attached hydrogens (primary N) is 1. The van der Waals surface area contributed by atoms with Gasteiger partial charge in [0.05, 0.1) is 12.5 Å². The van der Waals surface area contributed by atoms with Gasteiger partial charge in [-0.2, -0.15) is 5.10 Å². The minimum Gasteiger partial charge on any atom is -0.380 e. The van der Waals surface area contributed by atoms with Crippen molar-refractivity contribution in [1.29, 1.82) is 0 Å². The smallest absolute Gasteiger partial charge is 0.222 e. The number of carbonyl (C=O) groups excluding carboxylic acids is 1. The Kier molecular flexibility index (Phi) is 5.58. The van der Waals surface area contributed by atoms with Gasteiger partial charge in [-0.3, -0.25) is 9.48 Å². The summed E-state index contributed by atoms with van der Waals surface area (Å²) in [6.45, 7) is 0.857. The van der Waals surface area contributed by atoms with Crippen molar-refractivity contribution in [2.75, 3.05) is 20.2 Å². The van der Waals surface area contributed by atoms with Crippen LogP contribution in [0.2, 0.25) is 0 Å². The second-order valence-corrected chi connectivity index (χ2v) is 3.73. The number of nitrogens with one attached hydrogen (secondary N) is 1. The van der Waals surface area contributed by atoms with Crippen molar-refractivity contribution in [3.05, 3.63) is 12.2 Å². The molecule has 0 aromatic carbocycles. The minimum absolute atomic E-state index is 0.0711. The molecule has 1 aromatic heterocycles. The van der Waals surface area contributed by atoms with E-state index in [0.29, 0.717) is 19.5 Å². The molecule has 96 valence electrons. The number of aryl methyl sites for hydroxylation is 1. The van der Waals surface area contributed by atoms with Crippen LogP contribution in [-0.4, -0.2) is 47.0 Å². The molecule has 1 heterocycles. The molecule has 1 amide bonds. The Morgan fingerprint density at radius 2 is 2.47 bits per heavy atom. The van der Waals surface area contributed by atoms with Crippen molar-refractivity contribution in [1.82, 2.24) is 20.1 Å². The zero-order chi connectivity index (χ0) is 12.7. The Morgan fingerprint density at radius 1 is 1.71 bits per heavy atom. The van der Waals surface area contributed by atoms with Crippen molar-refractivity contribution in [2.45, 2.75) is 18.9 Å². The van der Waals surface area contributed by atoms with Crippen LogP contribution >= 0.6 is 0 Å². The molecule has 7 nitrogen and oxygen atoms in total. The van der Waals surface area contributed by atoms with Gasteiger partial charge in [-0.05, 0) is 0 Å². The van der Waals surface area contributed by atoms with Crippen LogP contribution in [0.1, 0.15) is 12.2 Å². The van der Waals surface area contributed by atoms with Gasteiger partial charge in [-0.15, -0.1) is 0 Å². The highest BCUT2D eigenvalue weighted by atomic mass is 16.5. The molecule has 0 aliphatic heterocycles. The summed E-state index contributed by atoms with van der Waals surface area (Å²) in [5, 5.41) is 6.89. The molecular formula is C10H19N5O2. The van der Waals surface area contributed by atoms with Crippen molar-refractivity contribution < 1.29 is 9.53 Å². The number of aromatic nitrogens is 3. The predicted molar refractivity (Wildman–Crippen MR) is 62.2 cm³/mol. The van der Waals surface area contributed by atoms with Gasteiger partial charge in [0.15, 0.2) is 5.82 Å². The summed E-state index contributed by atoms with van der Waals surface area (Å²) in [5.41, 5.74) is 5.43. The lowest BCUT2D eigenvalue weighted by Crippen LogP contribution is -2.33. The molecule has 0 aliphatic carbocycles. The van der Waals surface area contributed by atoms with E-state index in [2.05, 4.69) is 15.4 Å². The van der Waals surface area contributed by atoms with Gasteiger partial charge in [0, 0.05) is 33.7 Å². The summed E-state index contributed by atoms with van der Waals surface area (Å²) in [4.78, 5) is 15.5. The number of hydrogen-bond donors (Lipinski definition) is 2. The maximum absolute atomic E-state index is 11.5. The van der Waals surface area contributed by atoms with Crippen LogP contribution < -0.4 is 11.1 Å². The third-order valence-electron chi connectivity index (χ3n) is 2.33. The van der Waals surface area contributed by atoms with Crippen molar-refractivity contribution >= 4 is 5.91 Å². The SMILES string of the molecule is COC(CN)CC(=O)NCCc1ncn(C)n1. The Hall–Kier alpha value is -1.47. The maximum atomic E-state index is 11.5. The van der Waals surface area contributed by atoms with E-state index < -0.39 is 0 Å². The predicted octanol–water partition coefficient (Wildman–Crippen LogP) is -1.16. The lowest BCUT2D eigenvalue weighted by Gasteiger charge is -2.12. The largest absolute Gasteiger partial charge is 0.380 e. The van der Waals surface area contributed by atoms with Gasteiger partial charge in [0.2, 0.25) is 5.91 Å². The first kappa shape index (κ1) is 13.6. The van der Waals surface area contributed by atoms with Gasteiger partial charge >= 0.3 is 0 Å². The molecule has 0 bridgehead atoms. The third-order valence-corrected chi connectivity index (χ3v) is 2.33. The van der Waals surface area contributed by atoms with E-state index in [-0.39, 0.29) is 18.4 Å². The lowest BCUT2D eigenvalue weighted by atomic mass is 10.2. The minimum atomic E-state index is -0.219. The van der Waals surface area contributed by atoms with Gasteiger partial charge in [-0.1, -0.05) is 0 Å². The number of nitrogens with zero attached hydrogens (tertiary/aromatic N) is 3. The number of amides is 1. The van der Waals surface area contributed by atoms with Crippen LogP contribution in [0.3, 0.4) is 0 Å². The van der Waals surface area contributed by atoms with Crippen LogP contribution in [-0.2, 0) is 23.0 Å². The van der Waals surface area contributed by atoms with Gasteiger partial charge in [-0.25, -0.2) is 4.98 Å². The van der Waals surface area contributed by atoms with E-state index in [4.69, 9.17) is 10.5 Å². The standard InChI is InChI=1S/C10H19N5O2/c1-15-7-13-9(14-15)3-4-12-10(16)5-8(6-11)17-2/h7-8H,3-6,11H2,1-2H3,(H,12,16). The monoisotopic (exact) mass is 241 g/mol. The van der Waals surface area contributed by atoms with Gasteiger partial charge in [0.25, 0.3) is 0 Å². The van der Waals surface area contributed by atoms with E-state index >= 15 is 0 Å². The van der Waals surface area contributed by atoms with Crippen LogP contribution in [0.25, 0.3) is 0 Å². The number of rotatable bonds is 7. The fraction of sp³-hybridized carbons (Fsp3) is 0.700. The van der Waals surface area contributed by atoms with Crippen LogP contribution in [0.15, 0.2) is 6.33 Å². The molecular weight excluding hydrogens is 222 g/mol. The molecule has 0 radical (unpaired) electrons. The molecule has 0 aliphatic rings. The Balaban J connectivity index is 2.20. The van der Waals surface area contributed by atoms with Crippen molar-refractivity contribution in [3.63, 3.8) is 0 Å². The van der Waals surface area contributed by atoms with E-state index in [9.17, 15) is 4.79 Å². The van der Waals surface area contributed by atoms with Crippen LogP contribution in [0, 0.1) is 0 Å². The zero-order valence-corrected chi connectivity index (χ0v) is 10.2. The molecule has 7 heteroatoms. The second-order valence-electron chi connectivity index (χ2n) is 3.73. The molecule has 1 unspecified atom stereocenters. The van der Waals surface area contributed by atoms with E-state index in [0.717, 1.165) is 5.82 Å². The molecule has 0 fully saturated rings. The molecule has 0 saturated heterocycles. The average Bonchev–Trinajstić information content (AvgIpc) is 2.72. The highest BCUT2D eigenvalue weighted by molar-refractivity contribution is 5.76. The van der Waals surface area contributed by atoms with E-state index in [1.807, 2.05) is 0 Å². The first-order valence-corrected chi connectivity index (χ1v) is 5.49. The van der Waals surface area contributed by atoms with Gasteiger partial charge < -0.3 is 15.8 Å². The molecule has 17 heavy (non-hydrogen) atoms. The summed E-state index contributed by atoms with van der Waals surface area (Å²) in [5.74, 6) is 0.646. The molecule has 1 rings (SSSR count). The third kappa shape index (κ3) is 4.92. The Bertz CT molecular complexity index is 348. The molecule has 3 N–H and O–H groups in total. The zero-order valence-electron chi connectivity index (χ0n) is 10.2. The molecule has 1 aromatic rings. The van der Waals surface area contributed by atoms with Crippen LogP contribution in [0.4, 0.5) is 0 Å². The quantitative estimate of drug-likeness (QED) is 0.627. The number of hydrogen-bond acceptors (Lipinski definition) is 5. The Morgan fingerprint density at radius 3 is 3.00 bits per heavy atom. The molecule has 0 saturated carbocycles. The van der Waals surface area contributed by atoms with E-state index in [1.165, 1.54) is 0 Å². The van der Waals surface area contributed by atoms with Crippen molar-refractivity contribution in [2.24, 2.45) is 12.8 Å². The molecule has 1 atom stereocenters. The van der Waals surface area contributed by atoms with Crippen molar-refractivity contribution in [3.8, 4) is 0 Å². The highest BCUT2D eigenvalue weighted by Gasteiger charge is 2.10. The lowest BCUT2D eigenvalue weighted by molar-refractivity contribution is -0.123.